The van der Waals surface area contributed by atoms with Gasteiger partial charge in [0, 0.05) is 5.56 Å². The fraction of sp³-hybridized carbons (Fsp3) is 0.467. The van der Waals surface area contributed by atoms with Crippen LogP contribution in [0.25, 0.3) is 0 Å². The van der Waals surface area contributed by atoms with Gasteiger partial charge >= 0.3 is 5.97 Å². The molecular weight excluding hydrogens is 272 g/mol. The zero-order valence-electron chi connectivity index (χ0n) is 12.1. The maximum absolute atomic E-state index is 12.1. The van der Waals surface area contributed by atoms with E-state index in [1.807, 2.05) is 51.1 Å². The number of nitrogens with zero attached hydrogens (tertiary/aromatic N) is 1. The number of hydrazone groups is 1. The van der Waals surface area contributed by atoms with Crippen LogP contribution < -0.4 is 5.43 Å². The van der Waals surface area contributed by atoms with Crippen LogP contribution in [0.5, 0.6) is 0 Å². The van der Waals surface area contributed by atoms with Crippen LogP contribution in [0.4, 0.5) is 0 Å². The Morgan fingerprint density at radius 2 is 2.10 bits per heavy atom. The first-order valence-electron chi connectivity index (χ1n) is 6.86. The molecule has 1 heterocycles. The second-order valence-electron chi connectivity index (χ2n) is 4.82. The number of carbonyl (C=O) groups excluding carboxylic acids is 1. The first kappa shape index (κ1) is 14.9. The Kier molecular flexibility index (Phi) is 4.70. The Morgan fingerprint density at radius 3 is 2.70 bits per heavy atom. The number of hydrogen-bond donors (Lipinski definition) is 1. The molecule has 20 heavy (non-hydrogen) atoms. The van der Waals surface area contributed by atoms with Crippen molar-refractivity contribution in [2.75, 3.05) is 6.61 Å². The van der Waals surface area contributed by atoms with Gasteiger partial charge in [0.05, 0.1) is 12.5 Å². The molecule has 1 N–H and O–H groups in total. The number of benzene rings is 1. The highest BCUT2D eigenvalue weighted by atomic mass is 32.2. The van der Waals surface area contributed by atoms with Crippen molar-refractivity contribution in [3.63, 3.8) is 0 Å². The highest BCUT2D eigenvalue weighted by Crippen LogP contribution is 2.39. The monoisotopic (exact) mass is 292 g/mol. The molecule has 108 valence electrons. The van der Waals surface area contributed by atoms with E-state index in [0.717, 1.165) is 10.6 Å². The second-order valence-corrected chi connectivity index (χ2v) is 6.26. The predicted octanol–water partition coefficient (Wildman–Crippen LogP) is 2.99. The molecular formula is C15H20N2O2S. The highest BCUT2D eigenvalue weighted by Gasteiger charge is 2.44. The lowest BCUT2D eigenvalue weighted by Crippen LogP contribution is -2.44. The molecule has 0 spiro atoms. The summed E-state index contributed by atoms with van der Waals surface area (Å²) in [5.41, 5.74) is 4.18. The maximum Gasteiger partial charge on any atom is 0.312 e. The second kappa shape index (κ2) is 6.31. The van der Waals surface area contributed by atoms with Crippen molar-refractivity contribution in [1.82, 2.24) is 5.43 Å². The summed E-state index contributed by atoms with van der Waals surface area (Å²) in [5, 5.41) is 5.31. The molecule has 0 radical (unpaired) electrons. The molecule has 2 rings (SSSR count). The van der Waals surface area contributed by atoms with Crippen molar-refractivity contribution in [2.45, 2.75) is 32.1 Å². The van der Waals surface area contributed by atoms with Crippen LogP contribution in [0.1, 0.15) is 32.8 Å². The summed E-state index contributed by atoms with van der Waals surface area (Å²) < 4.78 is 5.17. The molecule has 1 aromatic carbocycles. The predicted molar refractivity (Wildman–Crippen MR) is 82.5 cm³/mol. The summed E-state index contributed by atoms with van der Waals surface area (Å²) in [5.74, 6) is -0.389. The number of hydrogen-bond acceptors (Lipinski definition) is 5. The van der Waals surface area contributed by atoms with Crippen LogP contribution in [0.3, 0.4) is 0 Å². The van der Waals surface area contributed by atoms with Gasteiger partial charge in [0.15, 0.2) is 0 Å². The van der Waals surface area contributed by atoms with E-state index in [1.54, 1.807) is 11.8 Å². The Hall–Kier alpha value is -1.49. The van der Waals surface area contributed by atoms with E-state index in [2.05, 4.69) is 10.5 Å². The molecule has 1 aliphatic rings. The summed E-state index contributed by atoms with van der Waals surface area (Å²) in [7, 11) is 0. The number of carbonyl (C=O) groups is 1. The smallest absolute Gasteiger partial charge is 0.312 e. The molecule has 0 fully saturated rings. The van der Waals surface area contributed by atoms with E-state index < -0.39 is 4.87 Å². The van der Waals surface area contributed by atoms with Gasteiger partial charge in [-0.1, -0.05) is 49.0 Å². The van der Waals surface area contributed by atoms with Crippen molar-refractivity contribution in [3.05, 3.63) is 35.9 Å². The summed E-state index contributed by atoms with van der Waals surface area (Å²) in [6, 6.07) is 9.98. The standard InChI is InChI=1S/C15H20N2O2S/c1-4-12(14(18)19-5-2)15(3)17-16-13(20-15)11-9-7-6-8-10-11/h6-10,12,17H,4-5H2,1-3H3/t12-,15-/m1/s1. The highest BCUT2D eigenvalue weighted by molar-refractivity contribution is 8.15. The van der Waals surface area contributed by atoms with E-state index in [-0.39, 0.29) is 11.9 Å². The Morgan fingerprint density at radius 1 is 1.40 bits per heavy atom. The van der Waals surface area contributed by atoms with Crippen LogP contribution in [0, 0.1) is 5.92 Å². The minimum atomic E-state index is -0.452. The average Bonchev–Trinajstić information content (AvgIpc) is 2.84. The fourth-order valence-electron chi connectivity index (χ4n) is 2.29. The first-order chi connectivity index (χ1) is 9.60. The lowest BCUT2D eigenvalue weighted by Gasteiger charge is -2.30. The van der Waals surface area contributed by atoms with Gasteiger partial charge in [0.1, 0.15) is 9.91 Å². The minimum Gasteiger partial charge on any atom is -0.466 e. The molecule has 0 unspecified atom stereocenters. The Bertz CT molecular complexity index is 504. The van der Waals surface area contributed by atoms with Crippen LogP contribution in [-0.2, 0) is 9.53 Å². The SMILES string of the molecule is CCOC(=O)[C@@H](CC)[C@]1(C)NN=C(c2ccccc2)S1. The first-order valence-corrected chi connectivity index (χ1v) is 7.68. The van der Waals surface area contributed by atoms with Gasteiger partial charge in [-0.3, -0.25) is 10.2 Å². The summed E-state index contributed by atoms with van der Waals surface area (Å²) in [6.07, 6.45) is 0.715. The summed E-state index contributed by atoms with van der Waals surface area (Å²) in [6.45, 7) is 6.23. The molecule has 0 saturated carbocycles. The van der Waals surface area contributed by atoms with Crippen molar-refractivity contribution < 1.29 is 9.53 Å². The number of esters is 1. The van der Waals surface area contributed by atoms with E-state index in [4.69, 9.17) is 4.74 Å². The van der Waals surface area contributed by atoms with Crippen LogP contribution in [0.15, 0.2) is 35.4 Å². The fourth-order valence-corrected chi connectivity index (χ4v) is 3.53. The third kappa shape index (κ3) is 2.98. The lowest BCUT2D eigenvalue weighted by atomic mass is 9.98. The average molecular weight is 292 g/mol. The van der Waals surface area contributed by atoms with Crippen LogP contribution in [-0.4, -0.2) is 22.5 Å². The summed E-state index contributed by atoms with van der Waals surface area (Å²) in [4.78, 5) is 11.6. The van der Waals surface area contributed by atoms with E-state index in [9.17, 15) is 4.79 Å². The normalized spacial score (nSPS) is 22.9. The molecule has 0 aliphatic carbocycles. The van der Waals surface area contributed by atoms with E-state index >= 15 is 0 Å². The topological polar surface area (TPSA) is 50.7 Å². The molecule has 2 atom stereocenters. The molecule has 1 aromatic rings. The van der Waals surface area contributed by atoms with Crippen molar-refractivity contribution in [1.29, 1.82) is 0 Å². The zero-order valence-corrected chi connectivity index (χ0v) is 12.9. The third-order valence-corrected chi connectivity index (χ3v) is 4.67. The molecule has 1 aliphatic heterocycles. The molecule has 0 saturated heterocycles. The number of thioether (sulfide) groups is 1. The Labute approximate surface area is 124 Å². The number of nitrogens with one attached hydrogen (secondary N) is 1. The van der Waals surface area contributed by atoms with Crippen molar-refractivity contribution in [3.8, 4) is 0 Å². The molecule has 0 aromatic heterocycles. The largest absolute Gasteiger partial charge is 0.466 e. The molecule has 4 nitrogen and oxygen atoms in total. The van der Waals surface area contributed by atoms with Gasteiger partial charge < -0.3 is 4.74 Å². The molecule has 0 amide bonds. The molecule has 5 heteroatoms. The summed E-state index contributed by atoms with van der Waals surface area (Å²) >= 11 is 1.59. The lowest BCUT2D eigenvalue weighted by molar-refractivity contribution is -0.149. The quantitative estimate of drug-likeness (QED) is 0.848. The van der Waals surface area contributed by atoms with Gasteiger partial charge in [-0.25, -0.2) is 0 Å². The van der Waals surface area contributed by atoms with Gasteiger partial charge in [0.2, 0.25) is 0 Å². The van der Waals surface area contributed by atoms with Crippen LogP contribution in [0.2, 0.25) is 0 Å². The van der Waals surface area contributed by atoms with Crippen molar-refractivity contribution >= 4 is 22.8 Å². The third-order valence-electron chi connectivity index (χ3n) is 3.35. The maximum atomic E-state index is 12.1. The van der Waals surface area contributed by atoms with Gasteiger partial charge in [-0.15, -0.1) is 0 Å². The van der Waals surface area contributed by atoms with Gasteiger partial charge in [-0.05, 0) is 20.3 Å². The molecule has 0 bridgehead atoms. The van der Waals surface area contributed by atoms with Crippen molar-refractivity contribution in [2.24, 2.45) is 11.0 Å². The Balaban J connectivity index is 2.13. The van der Waals surface area contributed by atoms with E-state index in [1.165, 1.54) is 0 Å². The number of ether oxygens (including phenoxy) is 1. The van der Waals surface area contributed by atoms with Gasteiger partial charge in [-0.2, -0.15) is 5.10 Å². The van der Waals surface area contributed by atoms with E-state index in [0.29, 0.717) is 13.0 Å². The van der Waals surface area contributed by atoms with Gasteiger partial charge in [0.25, 0.3) is 0 Å². The van der Waals surface area contributed by atoms with Crippen LogP contribution >= 0.6 is 11.8 Å². The minimum absolute atomic E-state index is 0.165. The zero-order chi connectivity index (χ0) is 14.6. The number of rotatable bonds is 5.